The van der Waals surface area contributed by atoms with Crippen molar-refractivity contribution in [1.82, 2.24) is 14.5 Å². The zero-order valence-electron chi connectivity index (χ0n) is 16.9. The fraction of sp³-hybridized carbons (Fsp3) is 0. The van der Waals surface area contributed by atoms with Crippen molar-refractivity contribution in [2.24, 2.45) is 0 Å². The van der Waals surface area contributed by atoms with E-state index in [-0.39, 0.29) is 11.6 Å². The number of nitro groups is 1. The molecule has 0 aliphatic carbocycles. The molecule has 0 saturated carbocycles. The summed E-state index contributed by atoms with van der Waals surface area (Å²) in [7, 11) is 0. The molecule has 0 aliphatic rings. The first-order valence-electron chi connectivity index (χ1n) is 9.90. The highest BCUT2D eigenvalue weighted by molar-refractivity contribution is 6.33. The van der Waals surface area contributed by atoms with Crippen LogP contribution in [0.15, 0.2) is 85.2 Å². The Morgan fingerprint density at radius 1 is 1.03 bits per heavy atom. The molecule has 5 rings (SSSR count). The number of rotatable bonds is 5. The molecule has 0 unspecified atom stereocenters. The van der Waals surface area contributed by atoms with E-state index in [9.17, 15) is 14.5 Å². The van der Waals surface area contributed by atoms with Gasteiger partial charge in [0.25, 0.3) is 0 Å². The highest BCUT2D eigenvalue weighted by Gasteiger charge is 2.18. The van der Waals surface area contributed by atoms with Crippen molar-refractivity contribution in [2.75, 3.05) is 5.32 Å². The van der Waals surface area contributed by atoms with E-state index < -0.39 is 16.4 Å². The van der Waals surface area contributed by atoms with Gasteiger partial charge in [0.15, 0.2) is 0 Å². The van der Waals surface area contributed by atoms with Crippen molar-refractivity contribution in [3.8, 4) is 16.9 Å². The van der Waals surface area contributed by atoms with Gasteiger partial charge in [-0.1, -0.05) is 48.0 Å². The average molecular weight is 460 g/mol. The lowest BCUT2D eigenvalue weighted by Crippen LogP contribution is -2.00. The molecule has 162 valence electrons. The molecule has 9 heteroatoms. The highest BCUT2D eigenvalue weighted by atomic mass is 35.5. The molecule has 2 heterocycles. The van der Waals surface area contributed by atoms with Crippen LogP contribution in [0.4, 0.5) is 21.7 Å². The lowest BCUT2D eigenvalue weighted by Gasteiger charge is -2.08. The van der Waals surface area contributed by atoms with Crippen LogP contribution in [0.25, 0.3) is 27.8 Å². The predicted octanol–water partition coefficient (Wildman–Crippen LogP) is 6.53. The molecule has 0 amide bonds. The third-order valence-corrected chi connectivity index (χ3v) is 5.42. The number of halogens is 2. The summed E-state index contributed by atoms with van der Waals surface area (Å²) in [6.45, 7) is 0. The van der Waals surface area contributed by atoms with Crippen LogP contribution in [-0.4, -0.2) is 19.5 Å². The van der Waals surface area contributed by atoms with Crippen LogP contribution in [-0.2, 0) is 0 Å². The summed E-state index contributed by atoms with van der Waals surface area (Å²) < 4.78 is 15.7. The number of para-hydroxylation sites is 2. The Bertz CT molecular complexity index is 1500. The summed E-state index contributed by atoms with van der Waals surface area (Å²) in [5.74, 6) is -0.746. The molecule has 7 nitrogen and oxygen atoms in total. The van der Waals surface area contributed by atoms with Crippen LogP contribution < -0.4 is 5.32 Å². The molecule has 0 aliphatic heterocycles. The van der Waals surface area contributed by atoms with Crippen LogP contribution in [0.3, 0.4) is 0 Å². The second-order valence-electron chi connectivity index (χ2n) is 7.20. The van der Waals surface area contributed by atoms with Gasteiger partial charge in [-0.25, -0.2) is 9.97 Å². The molecule has 1 N–H and O–H groups in total. The first kappa shape index (κ1) is 20.6. The van der Waals surface area contributed by atoms with E-state index in [1.54, 1.807) is 0 Å². The van der Waals surface area contributed by atoms with Gasteiger partial charge in [-0.3, -0.25) is 10.1 Å². The standard InChI is InChI=1S/C24H15ClFN5O2/c25-19-13-27-24(28-15-10-11-20(26)22(12-15)31(32)33)29-23(19)18-14-30(16-6-2-1-3-7-16)21-9-5-4-8-17(18)21/h1-14H,(H,27,28,29). The molecule has 3 aromatic carbocycles. The maximum atomic E-state index is 13.7. The third-order valence-electron chi connectivity index (χ3n) is 5.14. The summed E-state index contributed by atoms with van der Waals surface area (Å²) in [6.07, 6.45) is 3.42. The quantitative estimate of drug-likeness (QED) is 0.238. The molecule has 33 heavy (non-hydrogen) atoms. The summed E-state index contributed by atoms with van der Waals surface area (Å²) >= 11 is 6.48. The average Bonchev–Trinajstić information content (AvgIpc) is 3.21. The number of nitro benzene ring substituents is 1. The van der Waals surface area contributed by atoms with E-state index in [0.29, 0.717) is 10.7 Å². The summed E-state index contributed by atoms with van der Waals surface area (Å²) in [5, 5.41) is 15.2. The zero-order valence-corrected chi connectivity index (χ0v) is 17.7. The van der Waals surface area contributed by atoms with Gasteiger partial charge in [-0.2, -0.15) is 4.39 Å². The molecule has 2 aromatic heterocycles. The number of nitrogens with zero attached hydrogens (tertiary/aromatic N) is 4. The molecule has 5 aromatic rings. The Morgan fingerprint density at radius 3 is 2.58 bits per heavy atom. The van der Waals surface area contributed by atoms with E-state index in [1.165, 1.54) is 12.3 Å². The second-order valence-corrected chi connectivity index (χ2v) is 7.61. The van der Waals surface area contributed by atoms with Crippen molar-refractivity contribution in [2.45, 2.75) is 0 Å². The van der Waals surface area contributed by atoms with Crippen molar-refractivity contribution < 1.29 is 9.31 Å². The fourth-order valence-electron chi connectivity index (χ4n) is 3.65. The molecule has 0 saturated heterocycles. The molecule has 0 spiro atoms. The Hall–Kier alpha value is -4.30. The van der Waals surface area contributed by atoms with Gasteiger partial charge in [-0.15, -0.1) is 0 Å². The number of nitrogens with one attached hydrogen (secondary N) is 1. The second kappa shape index (κ2) is 8.33. The van der Waals surface area contributed by atoms with Gasteiger partial charge in [0.1, 0.15) is 0 Å². The van der Waals surface area contributed by atoms with E-state index in [4.69, 9.17) is 11.6 Å². The molecule has 0 radical (unpaired) electrons. The van der Waals surface area contributed by atoms with Crippen LogP contribution in [0.1, 0.15) is 0 Å². The largest absolute Gasteiger partial charge is 0.324 e. The number of hydrogen-bond donors (Lipinski definition) is 1. The maximum Gasteiger partial charge on any atom is 0.306 e. The van der Waals surface area contributed by atoms with E-state index >= 15 is 0 Å². The summed E-state index contributed by atoms with van der Waals surface area (Å²) in [6, 6.07) is 21.3. The topological polar surface area (TPSA) is 85.9 Å². The predicted molar refractivity (Wildman–Crippen MR) is 126 cm³/mol. The lowest BCUT2D eigenvalue weighted by atomic mass is 10.1. The van der Waals surface area contributed by atoms with Crippen LogP contribution in [0.2, 0.25) is 5.02 Å². The Labute approximate surface area is 192 Å². The first-order valence-corrected chi connectivity index (χ1v) is 10.3. The summed E-state index contributed by atoms with van der Waals surface area (Å²) in [5.41, 5.74) is 2.91. The number of anilines is 2. The van der Waals surface area contributed by atoms with Gasteiger partial charge >= 0.3 is 5.69 Å². The fourth-order valence-corrected chi connectivity index (χ4v) is 3.84. The highest BCUT2D eigenvalue weighted by Crippen LogP contribution is 2.35. The van der Waals surface area contributed by atoms with Crippen molar-refractivity contribution in [3.63, 3.8) is 0 Å². The minimum absolute atomic E-state index is 0.173. The van der Waals surface area contributed by atoms with Gasteiger partial charge in [0, 0.05) is 34.6 Å². The van der Waals surface area contributed by atoms with Crippen molar-refractivity contribution in [3.05, 3.63) is 106 Å². The number of aromatic nitrogens is 3. The van der Waals surface area contributed by atoms with Gasteiger partial charge in [0.2, 0.25) is 11.8 Å². The van der Waals surface area contributed by atoms with Crippen molar-refractivity contribution >= 4 is 39.8 Å². The zero-order chi connectivity index (χ0) is 22.9. The van der Waals surface area contributed by atoms with Crippen molar-refractivity contribution in [1.29, 1.82) is 0 Å². The van der Waals surface area contributed by atoms with E-state index in [1.807, 2.05) is 60.8 Å². The number of benzene rings is 3. The molecular weight excluding hydrogens is 445 g/mol. The third kappa shape index (κ3) is 3.88. The Morgan fingerprint density at radius 2 is 1.79 bits per heavy atom. The maximum absolute atomic E-state index is 13.7. The van der Waals surface area contributed by atoms with Gasteiger partial charge in [0.05, 0.1) is 27.4 Å². The minimum Gasteiger partial charge on any atom is -0.324 e. The Balaban J connectivity index is 1.60. The Kier molecular flexibility index (Phi) is 5.20. The molecule has 0 fully saturated rings. The van der Waals surface area contributed by atoms with Crippen LogP contribution in [0, 0.1) is 15.9 Å². The van der Waals surface area contributed by atoms with Crippen LogP contribution in [0.5, 0.6) is 0 Å². The van der Waals surface area contributed by atoms with Gasteiger partial charge < -0.3 is 9.88 Å². The molecule has 0 atom stereocenters. The number of hydrogen-bond acceptors (Lipinski definition) is 5. The first-order chi connectivity index (χ1) is 16.0. The molecule has 0 bridgehead atoms. The smallest absolute Gasteiger partial charge is 0.306 e. The van der Waals surface area contributed by atoms with Gasteiger partial charge in [-0.05, 0) is 30.3 Å². The SMILES string of the molecule is O=[N+]([O-])c1cc(Nc2ncc(Cl)c(-c3cn(-c4ccccc4)c4ccccc34)n2)ccc1F. The normalized spacial score (nSPS) is 11.0. The number of fused-ring (bicyclic) bond motifs is 1. The van der Waals surface area contributed by atoms with Crippen LogP contribution >= 0.6 is 11.6 Å². The minimum atomic E-state index is -0.919. The lowest BCUT2D eigenvalue weighted by molar-refractivity contribution is -0.387. The van der Waals surface area contributed by atoms with E-state index in [0.717, 1.165) is 34.3 Å². The van der Waals surface area contributed by atoms with E-state index in [2.05, 4.69) is 19.9 Å². The monoisotopic (exact) mass is 459 g/mol. The summed E-state index contributed by atoms with van der Waals surface area (Å²) in [4.78, 5) is 19.0. The molecular formula is C24H15ClFN5O2.